The quantitative estimate of drug-likeness (QED) is 0.566. The first-order valence-electron chi connectivity index (χ1n) is 2.86. The summed E-state index contributed by atoms with van der Waals surface area (Å²) in [4.78, 5) is 0. The maximum atomic E-state index is 12.8. The molecule has 0 atom stereocenters. The van der Waals surface area contributed by atoms with Gasteiger partial charge in [-0.1, -0.05) is 6.07 Å². The maximum absolute atomic E-state index is 12.8. The summed E-state index contributed by atoms with van der Waals surface area (Å²) >= 11 is 1.28. The zero-order chi connectivity index (χ0) is 6.97. The Bertz CT molecular complexity index is 355. The zero-order valence-electron chi connectivity index (χ0n) is 5.04. The molecule has 3 heteroatoms. The van der Waals surface area contributed by atoms with Crippen molar-refractivity contribution in [2.45, 2.75) is 0 Å². The number of benzene rings is 1. The van der Waals surface area contributed by atoms with Crippen LogP contribution in [0.4, 0.5) is 4.39 Å². The van der Waals surface area contributed by atoms with E-state index in [-0.39, 0.29) is 5.82 Å². The Morgan fingerprint density at radius 2 is 2.30 bits per heavy atom. The summed E-state index contributed by atoms with van der Waals surface area (Å²) in [7, 11) is 0. The Labute approximate surface area is 61.3 Å². The highest BCUT2D eigenvalue weighted by Gasteiger charge is 1.99. The predicted octanol–water partition coefficient (Wildman–Crippen LogP) is 2.44. The van der Waals surface area contributed by atoms with Gasteiger partial charge in [0.1, 0.15) is 5.82 Å². The van der Waals surface area contributed by atoms with Crippen LogP contribution in [-0.4, -0.2) is 4.37 Å². The standard InChI is InChI=1S/C7H4FNS/c8-6-2-1-3-7-5(6)4-10-9-7/h1-4H. The Balaban J connectivity index is 2.95. The first-order chi connectivity index (χ1) is 4.88. The van der Waals surface area contributed by atoms with Crippen molar-refractivity contribution in [2.75, 3.05) is 0 Å². The van der Waals surface area contributed by atoms with Crippen molar-refractivity contribution < 1.29 is 4.39 Å². The second kappa shape index (κ2) is 2.02. The van der Waals surface area contributed by atoms with Gasteiger partial charge >= 0.3 is 0 Å². The van der Waals surface area contributed by atoms with E-state index in [2.05, 4.69) is 4.37 Å². The number of fused-ring (bicyclic) bond motifs is 1. The minimum atomic E-state index is -0.189. The molecule has 1 heterocycles. The fourth-order valence-electron chi connectivity index (χ4n) is 0.858. The molecule has 0 fully saturated rings. The largest absolute Gasteiger partial charge is 0.206 e. The molecule has 1 nitrogen and oxygen atoms in total. The molecule has 2 rings (SSSR count). The lowest BCUT2D eigenvalue weighted by Gasteiger charge is -1.86. The van der Waals surface area contributed by atoms with Crippen LogP contribution in [0, 0.1) is 5.82 Å². The van der Waals surface area contributed by atoms with E-state index in [9.17, 15) is 4.39 Å². The molecule has 0 unspecified atom stereocenters. The van der Waals surface area contributed by atoms with Crippen LogP contribution in [-0.2, 0) is 0 Å². The average molecular weight is 153 g/mol. The number of aromatic nitrogens is 1. The van der Waals surface area contributed by atoms with Crippen molar-refractivity contribution in [1.29, 1.82) is 0 Å². The molecule has 0 bridgehead atoms. The van der Waals surface area contributed by atoms with Gasteiger partial charge in [0.2, 0.25) is 0 Å². The molecule has 0 aliphatic carbocycles. The number of rotatable bonds is 0. The lowest BCUT2D eigenvalue weighted by atomic mass is 10.2. The Kier molecular flexibility index (Phi) is 1.17. The number of nitrogens with zero attached hydrogens (tertiary/aromatic N) is 1. The molecular weight excluding hydrogens is 149 g/mol. The van der Waals surface area contributed by atoms with Gasteiger partial charge in [-0.3, -0.25) is 0 Å². The van der Waals surface area contributed by atoms with Crippen LogP contribution in [0.25, 0.3) is 10.9 Å². The lowest BCUT2D eigenvalue weighted by molar-refractivity contribution is 0.640. The molecule has 0 N–H and O–H groups in total. The van der Waals surface area contributed by atoms with Crippen LogP contribution in [0.2, 0.25) is 0 Å². The van der Waals surface area contributed by atoms with Crippen molar-refractivity contribution in [2.24, 2.45) is 0 Å². The van der Waals surface area contributed by atoms with Gasteiger partial charge < -0.3 is 0 Å². The summed E-state index contributed by atoms with van der Waals surface area (Å²) in [5, 5.41) is 2.33. The van der Waals surface area contributed by atoms with Crippen molar-refractivity contribution in [3.05, 3.63) is 29.4 Å². The topological polar surface area (TPSA) is 12.9 Å². The Hall–Kier alpha value is -0.960. The summed E-state index contributed by atoms with van der Waals surface area (Å²) in [5.74, 6) is -0.189. The van der Waals surface area contributed by atoms with Crippen LogP contribution in [0.15, 0.2) is 23.6 Å². The molecule has 0 saturated carbocycles. The fourth-order valence-corrected chi connectivity index (χ4v) is 1.52. The highest BCUT2D eigenvalue weighted by atomic mass is 32.1. The summed E-state index contributed by atoms with van der Waals surface area (Å²) < 4.78 is 16.8. The van der Waals surface area contributed by atoms with Crippen LogP contribution in [0.5, 0.6) is 0 Å². The summed E-state index contributed by atoms with van der Waals surface area (Å²) in [6, 6.07) is 4.91. The number of hydrogen-bond donors (Lipinski definition) is 0. The lowest BCUT2D eigenvalue weighted by Crippen LogP contribution is -1.72. The Morgan fingerprint density at radius 1 is 1.40 bits per heavy atom. The van der Waals surface area contributed by atoms with Crippen LogP contribution < -0.4 is 0 Å². The molecule has 50 valence electrons. The summed E-state index contributed by atoms with van der Waals surface area (Å²) in [6.07, 6.45) is 0. The minimum absolute atomic E-state index is 0.189. The van der Waals surface area contributed by atoms with Crippen molar-refractivity contribution in [3.8, 4) is 0 Å². The van der Waals surface area contributed by atoms with Gasteiger partial charge in [0.25, 0.3) is 0 Å². The van der Waals surface area contributed by atoms with E-state index in [1.54, 1.807) is 17.5 Å². The molecular formula is C7H4FNS. The maximum Gasteiger partial charge on any atom is 0.133 e. The third-order valence-corrected chi connectivity index (χ3v) is 1.99. The monoisotopic (exact) mass is 153 g/mol. The normalized spacial score (nSPS) is 10.5. The van der Waals surface area contributed by atoms with Gasteiger partial charge in [0.15, 0.2) is 0 Å². The molecule has 1 aromatic heterocycles. The van der Waals surface area contributed by atoms with Crippen molar-refractivity contribution in [1.82, 2.24) is 4.37 Å². The third-order valence-electron chi connectivity index (χ3n) is 1.35. The average Bonchev–Trinajstić information content (AvgIpc) is 2.36. The number of halogens is 1. The molecule has 10 heavy (non-hydrogen) atoms. The van der Waals surface area contributed by atoms with E-state index in [4.69, 9.17) is 0 Å². The first-order valence-corrected chi connectivity index (χ1v) is 3.70. The van der Waals surface area contributed by atoms with Crippen LogP contribution in [0.3, 0.4) is 0 Å². The van der Waals surface area contributed by atoms with Crippen LogP contribution in [0.1, 0.15) is 0 Å². The molecule has 0 amide bonds. The molecule has 0 radical (unpaired) electrons. The highest BCUT2D eigenvalue weighted by Crippen LogP contribution is 2.17. The SMILES string of the molecule is Fc1cccc2nscc12. The van der Waals surface area contributed by atoms with E-state index in [0.717, 1.165) is 5.52 Å². The van der Waals surface area contributed by atoms with E-state index in [1.165, 1.54) is 17.6 Å². The molecule has 0 spiro atoms. The molecule has 0 saturated heterocycles. The second-order valence-electron chi connectivity index (χ2n) is 1.99. The number of hydrogen-bond acceptors (Lipinski definition) is 2. The molecule has 2 aromatic rings. The molecule has 0 aliphatic heterocycles. The first kappa shape index (κ1) is 5.80. The minimum Gasteiger partial charge on any atom is -0.206 e. The van der Waals surface area contributed by atoms with Gasteiger partial charge in [0, 0.05) is 10.8 Å². The molecule has 1 aromatic carbocycles. The smallest absolute Gasteiger partial charge is 0.133 e. The van der Waals surface area contributed by atoms with E-state index in [1.807, 2.05) is 0 Å². The fraction of sp³-hybridized carbons (Fsp3) is 0. The van der Waals surface area contributed by atoms with E-state index >= 15 is 0 Å². The Morgan fingerprint density at radius 3 is 3.10 bits per heavy atom. The zero-order valence-corrected chi connectivity index (χ0v) is 5.86. The predicted molar refractivity (Wildman–Crippen MR) is 39.6 cm³/mol. The summed E-state index contributed by atoms with van der Waals surface area (Å²) in [6.45, 7) is 0. The third kappa shape index (κ3) is 0.708. The summed E-state index contributed by atoms with van der Waals surface area (Å²) in [5.41, 5.74) is 0.741. The van der Waals surface area contributed by atoms with Gasteiger partial charge in [-0.05, 0) is 23.7 Å². The van der Waals surface area contributed by atoms with Crippen molar-refractivity contribution in [3.63, 3.8) is 0 Å². The van der Waals surface area contributed by atoms with Gasteiger partial charge in [0.05, 0.1) is 5.52 Å². The van der Waals surface area contributed by atoms with E-state index < -0.39 is 0 Å². The van der Waals surface area contributed by atoms with Gasteiger partial charge in [-0.25, -0.2) is 4.39 Å². The molecule has 0 aliphatic rings. The van der Waals surface area contributed by atoms with E-state index in [0.29, 0.717) is 5.39 Å². The van der Waals surface area contributed by atoms with Crippen molar-refractivity contribution >= 4 is 22.4 Å². The van der Waals surface area contributed by atoms with Crippen LogP contribution >= 0.6 is 11.5 Å². The van der Waals surface area contributed by atoms with Gasteiger partial charge in [-0.2, -0.15) is 4.37 Å². The second-order valence-corrected chi connectivity index (χ2v) is 2.62. The van der Waals surface area contributed by atoms with Gasteiger partial charge in [-0.15, -0.1) is 0 Å². The highest BCUT2D eigenvalue weighted by molar-refractivity contribution is 7.04.